The summed E-state index contributed by atoms with van der Waals surface area (Å²) in [6.45, 7) is 8.36. The highest BCUT2D eigenvalue weighted by Gasteiger charge is 2.14. The minimum atomic E-state index is 0.538. The molecule has 8 nitrogen and oxygen atoms in total. The van der Waals surface area contributed by atoms with E-state index in [1.54, 1.807) is 6.20 Å². The summed E-state index contributed by atoms with van der Waals surface area (Å²) in [5.41, 5.74) is 5.31. The molecule has 0 radical (unpaired) electrons. The molecule has 0 spiro atoms. The lowest BCUT2D eigenvalue weighted by atomic mass is 10.2. The molecule has 2 aromatic carbocycles. The van der Waals surface area contributed by atoms with Crippen molar-refractivity contribution in [2.24, 2.45) is 0 Å². The predicted octanol–water partition coefficient (Wildman–Crippen LogP) is 4.52. The first kappa shape index (κ1) is 21.9. The van der Waals surface area contributed by atoms with Gasteiger partial charge in [-0.15, -0.1) is 0 Å². The molecule has 0 unspecified atom stereocenters. The molecular formula is C26H30N8. The van der Waals surface area contributed by atoms with Crippen LogP contribution in [-0.2, 0) is 0 Å². The molecule has 2 N–H and O–H groups in total. The number of aryl methyl sites for hydroxylation is 2. The highest BCUT2D eigenvalue weighted by atomic mass is 15.3. The van der Waals surface area contributed by atoms with Crippen molar-refractivity contribution < 1.29 is 0 Å². The first-order valence-corrected chi connectivity index (χ1v) is 11.6. The third kappa shape index (κ3) is 4.87. The Bertz CT molecular complexity index is 1260. The van der Waals surface area contributed by atoms with Crippen molar-refractivity contribution in [2.45, 2.75) is 13.8 Å². The van der Waals surface area contributed by atoms with Gasteiger partial charge in [-0.2, -0.15) is 10.1 Å². The second-order valence-corrected chi connectivity index (χ2v) is 8.72. The van der Waals surface area contributed by atoms with Crippen LogP contribution in [0.2, 0.25) is 0 Å². The minimum Gasteiger partial charge on any atom is -0.369 e. The molecule has 2 aromatic heterocycles. The first-order chi connectivity index (χ1) is 16.5. The SMILES string of the molecule is Cc1cc(Nc2ccnc(Nc3ccc(N4CCN(C)CC4)cc3)n2)n(-c2ccccc2C)n1. The van der Waals surface area contributed by atoms with Crippen LogP contribution in [0.4, 0.5) is 29.0 Å². The number of hydrogen-bond acceptors (Lipinski definition) is 7. The van der Waals surface area contributed by atoms with E-state index in [0.29, 0.717) is 11.8 Å². The molecule has 1 aliphatic heterocycles. The largest absolute Gasteiger partial charge is 0.369 e. The monoisotopic (exact) mass is 454 g/mol. The van der Waals surface area contributed by atoms with Gasteiger partial charge in [-0.3, -0.25) is 0 Å². The van der Waals surface area contributed by atoms with E-state index in [1.807, 2.05) is 35.9 Å². The second kappa shape index (κ2) is 9.52. The Morgan fingerprint density at radius 1 is 0.853 bits per heavy atom. The van der Waals surface area contributed by atoms with Gasteiger partial charge in [0.05, 0.1) is 11.4 Å². The van der Waals surface area contributed by atoms with Crippen LogP contribution >= 0.6 is 0 Å². The highest BCUT2D eigenvalue weighted by Crippen LogP contribution is 2.24. The van der Waals surface area contributed by atoms with E-state index in [2.05, 4.69) is 85.9 Å². The van der Waals surface area contributed by atoms with Gasteiger partial charge in [-0.05, 0) is 62.9 Å². The van der Waals surface area contributed by atoms with E-state index in [0.717, 1.165) is 54.6 Å². The average molecular weight is 455 g/mol. The van der Waals surface area contributed by atoms with Crippen LogP contribution in [0.15, 0.2) is 66.9 Å². The molecule has 4 aromatic rings. The van der Waals surface area contributed by atoms with Crippen molar-refractivity contribution in [3.05, 3.63) is 78.1 Å². The Balaban J connectivity index is 1.30. The number of piperazine rings is 1. The number of rotatable bonds is 6. The molecule has 34 heavy (non-hydrogen) atoms. The molecule has 8 heteroatoms. The maximum Gasteiger partial charge on any atom is 0.229 e. The molecule has 0 saturated carbocycles. The van der Waals surface area contributed by atoms with Gasteiger partial charge in [0.1, 0.15) is 11.6 Å². The molecule has 1 saturated heterocycles. The van der Waals surface area contributed by atoms with E-state index < -0.39 is 0 Å². The smallest absolute Gasteiger partial charge is 0.229 e. The lowest BCUT2D eigenvalue weighted by Gasteiger charge is -2.34. The third-order valence-electron chi connectivity index (χ3n) is 6.08. The zero-order valence-electron chi connectivity index (χ0n) is 19.9. The topological polar surface area (TPSA) is 74.1 Å². The van der Waals surface area contributed by atoms with Gasteiger partial charge in [0.2, 0.25) is 5.95 Å². The molecule has 3 heterocycles. The Hall–Kier alpha value is -3.91. The fraction of sp³-hybridized carbons (Fsp3) is 0.269. The summed E-state index contributed by atoms with van der Waals surface area (Å²) in [7, 11) is 2.17. The van der Waals surface area contributed by atoms with Crippen molar-refractivity contribution >= 4 is 29.0 Å². The summed E-state index contributed by atoms with van der Waals surface area (Å²) in [6, 6.07) is 20.5. The van der Waals surface area contributed by atoms with Crippen molar-refractivity contribution in [1.82, 2.24) is 24.6 Å². The van der Waals surface area contributed by atoms with E-state index >= 15 is 0 Å². The van der Waals surface area contributed by atoms with Crippen LogP contribution in [0.1, 0.15) is 11.3 Å². The van der Waals surface area contributed by atoms with Crippen molar-refractivity contribution in [3.63, 3.8) is 0 Å². The van der Waals surface area contributed by atoms with Gasteiger partial charge >= 0.3 is 0 Å². The van der Waals surface area contributed by atoms with Crippen LogP contribution in [0.25, 0.3) is 5.69 Å². The Morgan fingerprint density at radius 2 is 1.62 bits per heavy atom. The van der Waals surface area contributed by atoms with Crippen LogP contribution in [0, 0.1) is 13.8 Å². The van der Waals surface area contributed by atoms with Gasteiger partial charge in [0, 0.05) is 49.8 Å². The molecule has 174 valence electrons. The van der Waals surface area contributed by atoms with E-state index in [4.69, 9.17) is 0 Å². The summed E-state index contributed by atoms with van der Waals surface area (Å²) < 4.78 is 1.91. The summed E-state index contributed by atoms with van der Waals surface area (Å²) in [6.07, 6.45) is 1.75. The highest BCUT2D eigenvalue weighted by molar-refractivity contribution is 5.62. The molecule has 0 amide bonds. The molecule has 0 bridgehead atoms. The minimum absolute atomic E-state index is 0.538. The first-order valence-electron chi connectivity index (χ1n) is 11.6. The molecule has 1 fully saturated rings. The maximum absolute atomic E-state index is 4.67. The summed E-state index contributed by atoms with van der Waals surface area (Å²) in [4.78, 5) is 13.8. The van der Waals surface area contributed by atoms with Crippen LogP contribution in [0.5, 0.6) is 0 Å². The number of para-hydroxylation sites is 1. The summed E-state index contributed by atoms with van der Waals surface area (Å²) in [5, 5.41) is 11.4. The number of likely N-dealkylation sites (N-methyl/N-ethyl adjacent to an activating group) is 1. The van der Waals surface area contributed by atoms with Gasteiger partial charge in [0.25, 0.3) is 0 Å². The average Bonchev–Trinajstić information content (AvgIpc) is 3.20. The fourth-order valence-corrected chi connectivity index (χ4v) is 4.14. The number of anilines is 5. The normalized spacial score (nSPS) is 14.3. The number of hydrogen-bond donors (Lipinski definition) is 2. The molecule has 5 rings (SSSR count). The van der Waals surface area contributed by atoms with Crippen molar-refractivity contribution in [3.8, 4) is 5.69 Å². The van der Waals surface area contributed by atoms with Crippen molar-refractivity contribution in [2.75, 3.05) is 48.8 Å². The molecule has 1 aliphatic rings. The lowest BCUT2D eigenvalue weighted by molar-refractivity contribution is 0.313. The quantitative estimate of drug-likeness (QED) is 0.444. The number of benzene rings is 2. The summed E-state index contributed by atoms with van der Waals surface area (Å²) in [5.74, 6) is 2.09. The fourth-order valence-electron chi connectivity index (χ4n) is 4.14. The zero-order valence-corrected chi connectivity index (χ0v) is 19.9. The zero-order chi connectivity index (χ0) is 23.5. The predicted molar refractivity (Wildman–Crippen MR) is 138 cm³/mol. The summed E-state index contributed by atoms with van der Waals surface area (Å²) >= 11 is 0. The van der Waals surface area contributed by atoms with Gasteiger partial charge in [-0.1, -0.05) is 18.2 Å². The van der Waals surface area contributed by atoms with E-state index in [-0.39, 0.29) is 0 Å². The van der Waals surface area contributed by atoms with Gasteiger partial charge < -0.3 is 20.4 Å². The number of aromatic nitrogens is 4. The van der Waals surface area contributed by atoms with E-state index in [1.165, 1.54) is 5.69 Å². The second-order valence-electron chi connectivity index (χ2n) is 8.72. The Kier molecular flexibility index (Phi) is 6.14. The third-order valence-corrected chi connectivity index (χ3v) is 6.08. The maximum atomic E-state index is 4.67. The molecular weight excluding hydrogens is 424 g/mol. The Labute approximate surface area is 200 Å². The van der Waals surface area contributed by atoms with Crippen LogP contribution in [-0.4, -0.2) is 57.9 Å². The van der Waals surface area contributed by atoms with Crippen LogP contribution in [0.3, 0.4) is 0 Å². The standard InChI is InChI=1S/C26H30N8/c1-19-6-4-5-7-23(19)34-25(18-20(2)31-34)29-24-12-13-27-26(30-24)28-21-8-10-22(11-9-21)33-16-14-32(3)15-17-33/h4-13,18H,14-17H2,1-3H3,(H2,27,28,29,30). The van der Waals surface area contributed by atoms with Crippen molar-refractivity contribution in [1.29, 1.82) is 0 Å². The Morgan fingerprint density at radius 3 is 2.38 bits per heavy atom. The number of nitrogens with one attached hydrogen (secondary N) is 2. The van der Waals surface area contributed by atoms with Gasteiger partial charge in [0.15, 0.2) is 0 Å². The number of nitrogens with zero attached hydrogens (tertiary/aromatic N) is 6. The van der Waals surface area contributed by atoms with Crippen LogP contribution < -0.4 is 15.5 Å². The molecule has 0 atom stereocenters. The van der Waals surface area contributed by atoms with E-state index in [9.17, 15) is 0 Å². The molecule has 0 aliphatic carbocycles. The lowest BCUT2D eigenvalue weighted by Crippen LogP contribution is -2.44. The van der Waals surface area contributed by atoms with Gasteiger partial charge in [-0.25, -0.2) is 9.67 Å².